The maximum Gasteiger partial charge on any atom is 0.397 e. The molecule has 0 radical (unpaired) electrons. The number of sulfone groups is 1. The zero-order valence-corrected chi connectivity index (χ0v) is 39.6. The number of benzene rings is 5. The molecule has 0 atom stereocenters. The highest BCUT2D eigenvalue weighted by molar-refractivity contribution is 7.99. The van der Waals surface area contributed by atoms with Gasteiger partial charge in [0.1, 0.15) is 16.3 Å². The van der Waals surface area contributed by atoms with E-state index in [2.05, 4.69) is 64.1 Å². The van der Waals surface area contributed by atoms with Crippen LogP contribution in [0.15, 0.2) is 126 Å². The highest BCUT2D eigenvalue weighted by Crippen LogP contribution is 2.46. The minimum Gasteiger partial charge on any atom is -0.505 e. The van der Waals surface area contributed by atoms with E-state index in [1.54, 1.807) is 18.2 Å². The number of fused-ring (bicyclic) bond motifs is 1. The van der Waals surface area contributed by atoms with E-state index < -0.39 is 70.9 Å². The molecule has 33 heteroatoms. The van der Waals surface area contributed by atoms with Crippen molar-refractivity contribution >= 4 is 129 Å². The summed E-state index contributed by atoms with van der Waals surface area (Å²) in [7, 11) is -14.1. The molecule has 370 valence electrons. The third kappa shape index (κ3) is 14.9. The van der Waals surface area contributed by atoms with Gasteiger partial charge in [-0.3, -0.25) is 18.7 Å². The Labute approximate surface area is 407 Å². The average Bonchev–Trinajstić information content (AvgIpc) is 3.29. The van der Waals surface area contributed by atoms with Gasteiger partial charge in [-0.1, -0.05) is 40.0 Å². The topological polar surface area (TPSA) is 404 Å². The van der Waals surface area contributed by atoms with Gasteiger partial charge in [-0.25, -0.2) is 23.1 Å². The van der Waals surface area contributed by atoms with Crippen molar-refractivity contribution in [2.75, 3.05) is 34.1 Å². The van der Waals surface area contributed by atoms with Gasteiger partial charge in [-0.2, -0.15) is 31.8 Å². The summed E-state index contributed by atoms with van der Waals surface area (Å²) < 4.78 is 105. The number of rotatable bonds is 24. The highest BCUT2D eigenvalue weighted by Gasteiger charge is 2.26. The van der Waals surface area contributed by atoms with Crippen molar-refractivity contribution in [3.63, 3.8) is 0 Å². The van der Waals surface area contributed by atoms with Crippen LogP contribution in [0.5, 0.6) is 5.75 Å². The first-order chi connectivity index (χ1) is 33.2. The molecule has 5 aromatic carbocycles. The first-order valence-electron chi connectivity index (χ1n) is 18.9. The number of phenols is 1. The Balaban J connectivity index is 1.37. The summed E-state index contributed by atoms with van der Waals surface area (Å²) >= 11 is 1.78. The Kier molecular flexibility index (Phi) is 18.0. The predicted octanol–water partition coefficient (Wildman–Crippen LogP) is 7.15. The van der Waals surface area contributed by atoms with Crippen molar-refractivity contribution in [1.29, 1.82) is 0 Å². The number of anilines is 5. The Morgan fingerprint density at radius 1 is 0.757 bits per heavy atom. The van der Waals surface area contributed by atoms with Crippen molar-refractivity contribution < 1.29 is 87.6 Å². The fraction of sp³-hybridized carbons (Fsp3) is 0.108. The number of carboxylic acids is 1. The normalized spacial score (nSPS) is 12.1. The summed E-state index contributed by atoms with van der Waals surface area (Å²) in [5, 5.41) is 62.2. The summed E-state index contributed by atoms with van der Waals surface area (Å²) in [5.41, 5.74) is -0.545. The molecule has 9 N–H and O–H groups in total. The number of hydrogen-bond donors (Lipinski definition) is 9. The smallest absolute Gasteiger partial charge is 0.397 e. The lowest BCUT2D eigenvalue weighted by atomic mass is 10.1. The molecule has 6 aromatic rings. The Bertz CT molecular complexity index is 3270. The minimum absolute atomic E-state index is 0.0173. The summed E-state index contributed by atoms with van der Waals surface area (Å²) in [6.45, 7) is -0.843. The molecular formula is C37H32N8O19S6. The summed E-state index contributed by atoms with van der Waals surface area (Å²) in [4.78, 5) is 36.5. The van der Waals surface area contributed by atoms with Crippen LogP contribution in [0.2, 0.25) is 0 Å². The molecule has 0 spiro atoms. The van der Waals surface area contributed by atoms with Gasteiger partial charge in [0.05, 0.1) is 58.3 Å². The Hall–Kier alpha value is -6.15. The van der Waals surface area contributed by atoms with Gasteiger partial charge in [0.25, 0.3) is 16.0 Å². The quantitative estimate of drug-likeness (QED) is 0.00725. The third-order valence-corrected chi connectivity index (χ3v) is 13.8. The molecule has 0 saturated heterocycles. The fourth-order valence-corrected chi connectivity index (χ4v) is 9.54. The maximum absolute atomic E-state index is 13.3. The van der Waals surface area contributed by atoms with E-state index in [-0.39, 0.29) is 83.0 Å². The Morgan fingerprint density at radius 3 is 2.06 bits per heavy atom. The number of carbonyl (C=O) groups excluding carboxylic acids is 1. The van der Waals surface area contributed by atoms with Crippen LogP contribution in [0.4, 0.5) is 40.3 Å². The number of aliphatic carboxylic acids is 1. The van der Waals surface area contributed by atoms with Gasteiger partial charge in [0.2, 0.25) is 11.9 Å². The van der Waals surface area contributed by atoms with Crippen molar-refractivity contribution in [2.24, 2.45) is 10.2 Å². The standard InChI is InChI=1S/C37H32N8O19S6/c46-30(47)12-14-65-37-42-35(38-22-6-9-25(10-7-22)68(52,53)15-13-60-70(57,58)59)41-36(43-37)39-23-8-11-28(67-64-62-51)26(18-23)44-45-32-29(69(54,55)56)17-21-16-24(66-63-61-50)19-27(31(21)33(32)48)40-34(49)20-4-2-1-3-5-20/h1-11,16-19,48,50-51H,12-15H2,(H,40,49)(H,46,47)(H,54,55,56)(H,57,58,59)(H2,38,39,41,42,43). The molecule has 0 bridgehead atoms. The highest BCUT2D eigenvalue weighted by atomic mass is 32.3. The molecule has 1 aromatic heterocycles. The van der Waals surface area contributed by atoms with Crippen LogP contribution in [0, 0.1) is 0 Å². The molecule has 1 amide bonds. The first-order valence-corrected chi connectivity index (χ1v) is 25.8. The number of aromatic hydroxyl groups is 1. The zero-order valence-electron chi connectivity index (χ0n) is 34.7. The number of thioether (sulfide) groups is 1. The van der Waals surface area contributed by atoms with Crippen molar-refractivity contribution in [1.82, 2.24) is 15.0 Å². The van der Waals surface area contributed by atoms with Crippen molar-refractivity contribution in [2.45, 2.75) is 31.2 Å². The van der Waals surface area contributed by atoms with E-state index >= 15 is 0 Å². The van der Waals surface area contributed by atoms with Crippen LogP contribution >= 0.6 is 35.8 Å². The monoisotopic (exact) mass is 1080 g/mol. The van der Waals surface area contributed by atoms with E-state index in [1.807, 2.05) is 0 Å². The molecule has 0 aliphatic heterocycles. The lowest BCUT2D eigenvalue weighted by Crippen LogP contribution is -2.15. The van der Waals surface area contributed by atoms with Gasteiger partial charge in [0.15, 0.2) is 20.7 Å². The van der Waals surface area contributed by atoms with Gasteiger partial charge in [-0.15, -0.1) is 18.9 Å². The number of azo groups is 1. The molecule has 70 heavy (non-hydrogen) atoms. The van der Waals surface area contributed by atoms with Gasteiger partial charge < -0.3 is 26.2 Å². The van der Waals surface area contributed by atoms with Gasteiger partial charge >= 0.3 is 16.4 Å². The molecule has 0 saturated carbocycles. The molecule has 27 nitrogen and oxygen atoms in total. The lowest BCUT2D eigenvalue weighted by Gasteiger charge is -2.15. The van der Waals surface area contributed by atoms with Gasteiger partial charge in [0, 0.05) is 33.0 Å². The average molecular weight is 1090 g/mol. The van der Waals surface area contributed by atoms with E-state index in [0.29, 0.717) is 24.1 Å². The number of phenolic OH excluding ortho intramolecular Hbond substituents is 1. The number of hydrogen-bond acceptors (Lipinski definition) is 26. The van der Waals surface area contributed by atoms with Crippen molar-refractivity contribution in [3.05, 3.63) is 96.6 Å². The number of aromatic nitrogens is 3. The Morgan fingerprint density at radius 2 is 1.41 bits per heavy atom. The van der Waals surface area contributed by atoms with Crippen molar-refractivity contribution in [3.8, 4) is 5.75 Å². The van der Waals surface area contributed by atoms with Crippen LogP contribution in [0.1, 0.15) is 16.8 Å². The number of carboxylic acid groups (broad SMARTS) is 1. The molecule has 0 aliphatic rings. The van der Waals surface area contributed by atoms with E-state index in [1.165, 1.54) is 66.7 Å². The first kappa shape index (κ1) is 53.2. The molecule has 0 fully saturated rings. The molecule has 6 rings (SSSR count). The second-order valence-corrected chi connectivity index (χ2v) is 20.5. The maximum atomic E-state index is 13.3. The van der Waals surface area contributed by atoms with E-state index in [0.717, 1.165) is 17.8 Å². The number of nitrogens with zero attached hydrogens (tertiary/aromatic N) is 5. The minimum atomic E-state index is -5.21. The summed E-state index contributed by atoms with van der Waals surface area (Å²) in [6.07, 6.45) is -0.273. The fourth-order valence-electron chi connectivity index (χ4n) is 5.77. The molecule has 0 unspecified atom stereocenters. The molecule has 1 heterocycles. The summed E-state index contributed by atoms with van der Waals surface area (Å²) in [6, 6.07) is 20.4. The molecule has 0 aliphatic carbocycles. The van der Waals surface area contributed by atoms with Crippen LogP contribution < -0.4 is 16.0 Å². The molecular weight excluding hydrogens is 1050 g/mol. The van der Waals surface area contributed by atoms with E-state index in [9.17, 15) is 49.6 Å². The zero-order chi connectivity index (χ0) is 50.6. The van der Waals surface area contributed by atoms with Crippen LogP contribution in [-0.4, -0.2) is 100 Å². The number of carbonyl (C=O) groups is 2. The van der Waals surface area contributed by atoms with Crippen LogP contribution in [0.3, 0.4) is 0 Å². The summed E-state index contributed by atoms with van der Waals surface area (Å²) in [5.74, 6) is -3.70. The number of nitrogens with one attached hydrogen (secondary N) is 3. The SMILES string of the molecule is O=C(O)CCSc1nc(Nc2ccc(S(=O)(=O)CCOS(=O)(=O)O)cc2)nc(Nc2ccc(SOOO)c(N=Nc3c(S(=O)(=O)O)cc4cc(SOOO)cc(NC(=O)c5ccccc5)c4c3O)c2)n1. The second kappa shape index (κ2) is 23.6. The largest absolute Gasteiger partial charge is 0.505 e. The predicted molar refractivity (Wildman–Crippen MR) is 247 cm³/mol. The van der Waals surface area contributed by atoms with Crippen LogP contribution in [0.25, 0.3) is 10.8 Å². The van der Waals surface area contributed by atoms with Gasteiger partial charge in [-0.05, 0) is 78.2 Å². The lowest BCUT2D eigenvalue weighted by molar-refractivity contribution is -0.432. The second-order valence-electron chi connectivity index (χ2n) is 13.4. The third-order valence-electron chi connectivity index (χ3n) is 8.69. The number of amides is 1. The van der Waals surface area contributed by atoms with Crippen LogP contribution in [-0.2, 0) is 58.1 Å². The van der Waals surface area contributed by atoms with E-state index in [4.69, 9.17) is 15.1 Å².